The van der Waals surface area contributed by atoms with Crippen molar-refractivity contribution in [2.75, 3.05) is 25.0 Å². The van der Waals surface area contributed by atoms with E-state index in [1.165, 1.54) is 0 Å². The third-order valence-electron chi connectivity index (χ3n) is 5.50. The van der Waals surface area contributed by atoms with Gasteiger partial charge in [-0.3, -0.25) is 4.79 Å². The van der Waals surface area contributed by atoms with Crippen LogP contribution in [-0.4, -0.2) is 41.4 Å². The summed E-state index contributed by atoms with van der Waals surface area (Å²) in [5.41, 5.74) is 2.89. The molecule has 0 bridgehead atoms. The fourth-order valence-corrected chi connectivity index (χ4v) is 3.65. The van der Waals surface area contributed by atoms with Gasteiger partial charge in [-0.15, -0.1) is 0 Å². The van der Waals surface area contributed by atoms with Crippen molar-refractivity contribution in [1.82, 2.24) is 9.80 Å². The summed E-state index contributed by atoms with van der Waals surface area (Å²) in [6.45, 7) is 7.26. The Kier molecular flexibility index (Phi) is 8.70. The van der Waals surface area contributed by atoms with Crippen molar-refractivity contribution in [1.29, 1.82) is 0 Å². The minimum absolute atomic E-state index is 0.0139. The number of amides is 3. The molecule has 0 atom stereocenters. The minimum Gasteiger partial charge on any atom is -0.464 e. The number of nitrogens with one attached hydrogen (secondary N) is 1. The van der Waals surface area contributed by atoms with Crippen molar-refractivity contribution < 1.29 is 14.0 Å². The van der Waals surface area contributed by atoms with Gasteiger partial charge in [0.25, 0.3) is 0 Å². The van der Waals surface area contributed by atoms with Crippen LogP contribution in [0.1, 0.15) is 36.0 Å². The standard InChI is InChI=1S/C27H33N3O3/c1-4-17-30(27(32)28-25-13-9-8-10-21(25)2)20-26(31)29(19-24-15-14-22(3)33-24)18-16-23-11-6-5-7-12-23/h5-15H,4,16-20H2,1-3H3,(H,28,32). The van der Waals surface area contributed by atoms with Gasteiger partial charge in [-0.25, -0.2) is 4.79 Å². The van der Waals surface area contributed by atoms with E-state index in [2.05, 4.69) is 17.4 Å². The van der Waals surface area contributed by atoms with Crippen molar-refractivity contribution in [3.05, 3.63) is 89.4 Å². The Bertz CT molecular complexity index is 1050. The smallest absolute Gasteiger partial charge is 0.322 e. The lowest BCUT2D eigenvalue weighted by atomic mass is 10.1. The van der Waals surface area contributed by atoms with E-state index in [0.29, 0.717) is 19.6 Å². The number of nitrogens with zero attached hydrogens (tertiary/aromatic N) is 2. The van der Waals surface area contributed by atoms with Crippen LogP contribution in [0.5, 0.6) is 0 Å². The molecule has 0 spiro atoms. The third-order valence-corrected chi connectivity index (χ3v) is 5.50. The Balaban J connectivity index is 1.71. The molecule has 174 valence electrons. The van der Waals surface area contributed by atoms with Gasteiger partial charge >= 0.3 is 6.03 Å². The molecule has 1 N–H and O–H groups in total. The first-order chi connectivity index (χ1) is 16.0. The maximum absolute atomic E-state index is 13.3. The monoisotopic (exact) mass is 447 g/mol. The lowest BCUT2D eigenvalue weighted by Crippen LogP contribution is -2.45. The topological polar surface area (TPSA) is 65.8 Å². The molecule has 3 rings (SSSR count). The van der Waals surface area contributed by atoms with Crippen molar-refractivity contribution in [2.24, 2.45) is 0 Å². The fourth-order valence-electron chi connectivity index (χ4n) is 3.65. The number of para-hydroxylation sites is 1. The highest BCUT2D eigenvalue weighted by Gasteiger charge is 2.22. The highest BCUT2D eigenvalue weighted by atomic mass is 16.3. The number of urea groups is 1. The molecule has 0 aliphatic heterocycles. The first kappa shape index (κ1) is 24.1. The minimum atomic E-state index is -0.267. The number of hydrogen-bond acceptors (Lipinski definition) is 3. The summed E-state index contributed by atoms with van der Waals surface area (Å²) in [6.07, 6.45) is 1.49. The summed E-state index contributed by atoms with van der Waals surface area (Å²) >= 11 is 0. The van der Waals surface area contributed by atoms with E-state index in [1.54, 1.807) is 9.80 Å². The van der Waals surface area contributed by atoms with E-state index in [4.69, 9.17) is 4.42 Å². The number of hydrogen-bond donors (Lipinski definition) is 1. The van der Waals surface area contributed by atoms with E-state index < -0.39 is 0 Å². The summed E-state index contributed by atoms with van der Waals surface area (Å²) in [4.78, 5) is 29.7. The van der Waals surface area contributed by atoms with Crippen molar-refractivity contribution in [2.45, 2.75) is 40.2 Å². The molecule has 3 aromatic rings. The van der Waals surface area contributed by atoms with E-state index in [9.17, 15) is 9.59 Å². The summed E-state index contributed by atoms with van der Waals surface area (Å²) in [6, 6.07) is 21.2. The average molecular weight is 448 g/mol. The van der Waals surface area contributed by atoms with Crippen LogP contribution in [0.25, 0.3) is 0 Å². The maximum Gasteiger partial charge on any atom is 0.322 e. The highest BCUT2D eigenvalue weighted by molar-refractivity contribution is 5.93. The number of benzene rings is 2. The van der Waals surface area contributed by atoms with Crippen molar-refractivity contribution in [3.63, 3.8) is 0 Å². The third kappa shape index (κ3) is 7.24. The molecule has 6 nitrogen and oxygen atoms in total. The summed E-state index contributed by atoms with van der Waals surface area (Å²) in [7, 11) is 0. The lowest BCUT2D eigenvalue weighted by molar-refractivity contribution is -0.132. The first-order valence-corrected chi connectivity index (χ1v) is 11.4. The molecule has 0 aliphatic rings. The zero-order valence-corrected chi connectivity index (χ0v) is 19.7. The first-order valence-electron chi connectivity index (χ1n) is 11.4. The largest absolute Gasteiger partial charge is 0.464 e. The predicted octanol–water partition coefficient (Wildman–Crippen LogP) is 5.41. The van der Waals surface area contributed by atoms with Crippen molar-refractivity contribution in [3.8, 4) is 0 Å². The number of anilines is 1. The summed E-state index contributed by atoms with van der Waals surface area (Å²) in [5, 5.41) is 2.95. The molecule has 2 aromatic carbocycles. The van der Waals surface area contributed by atoms with Gasteiger partial charge in [0.1, 0.15) is 18.1 Å². The fraction of sp³-hybridized carbons (Fsp3) is 0.333. The molecule has 6 heteroatoms. The van der Waals surface area contributed by atoms with Gasteiger partial charge in [0.2, 0.25) is 5.91 Å². The molecule has 0 aliphatic carbocycles. The van der Waals surface area contributed by atoms with Gasteiger partial charge in [0, 0.05) is 18.8 Å². The van der Waals surface area contributed by atoms with Crippen LogP contribution in [0.15, 0.2) is 71.1 Å². The van der Waals surface area contributed by atoms with Crippen LogP contribution >= 0.6 is 0 Å². The zero-order valence-electron chi connectivity index (χ0n) is 19.7. The van der Waals surface area contributed by atoms with E-state index in [0.717, 1.165) is 41.2 Å². The van der Waals surface area contributed by atoms with Crippen LogP contribution < -0.4 is 5.32 Å². The molecule has 0 saturated heterocycles. The Labute approximate surface area is 196 Å². The molecule has 0 radical (unpaired) electrons. The second kappa shape index (κ2) is 11.9. The summed E-state index contributed by atoms with van der Waals surface area (Å²) < 4.78 is 5.72. The van der Waals surface area contributed by atoms with Crippen LogP contribution in [0, 0.1) is 13.8 Å². The number of carbonyl (C=O) groups excluding carboxylic acids is 2. The Morgan fingerprint density at radius 2 is 1.61 bits per heavy atom. The van der Waals surface area contributed by atoms with Gasteiger partial charge in [-0.1, -0.05) is 55.5 Å². The molecule has 0 unspecified atom stereocenters. The van der Waals surface area contributed by atoms with E-state index >= 15 is 0 Å². The van der Waals surface area contributed by atoms with Crippen LogP contribution in [0.3, 0.4) is 0 Å². The lowest BCUT2D eigenvalue weighted by Gasteiger charge is -2.27. The van der Waals surface area contributed by atoms with Crippen LogP contribution in [-0.2, 0) is 17.8 Å². The Morgan fingerprint density at radius 1 is 0.879 bits per heavy atom. The van der Waals surface area contributed by atoms with Crippen molar-refractivity contribution >= 4 is 17.6 Å². The molecule has 1 heterocycles. The van der Waals surface area contributed by atoms with Crippen LogP contribution in [0.2, 0.25) is 0 Å². The molecule has 0 saturated carbocycles. The quantitative estimate of drug-likeness (QED) is 0.452. The molecule has 1 aromatic heterocycles. The Hall–Kier alpha value is -3.54. The van der Waals surface area contributed by atoms with Gasteiger partial charge in [0.05, 0.1) is 6.54 Å². The number of furan rings is 1. The Morgan fingerprint density at radius 3 is 2.27 bits per heavy atom. The number of rotatable bonds is 10. The zero-order chi connectivity index (χ0) is 23.6. The average Bonchev–Trinajstić information content (AvgIpc) is 3.23. The number of aryl methyl sites for hydroxylation is 2. The second-order valence-corrected chi connectivity index (χ2v) is 8.23. The van der Waals surface area contributed by atoms with Gasteiger partial charge in [0.15, 0.2) is 0 Å². The molecular formula is C27H33N3O3. The highest BCUT2D eigenvalue weighted by Crippen LogP contribution is 2.15. The molecule has 0 fully saturated rings. The van der Waals surface area contributed by atoms with E-state index in [-0.39, 0.29) is 18.5 Å². The van der Waals surface area contributed by atoms with Gasteiger partial charge in [-0.05, 0) is 56.0 Å². The SMILES string of the molecule is CCCN(CC(=O)N(CCc1ccccc1)Cc1ccc(C)o1)C(=O)Nc1ccccc1C. The summed E-state index contributed by atoms with van der Waals surface area (Å²) in [5.74, 6) is 1.44. The maximum atomic E-state index is 13.3. The molecule has 3 amide bonds. The molecule has 33 heavy (non-hydrogen) atoms. The van der Waals surface area contributed by atoms with E-state index in [1.807, 2.05) is 75.4 Å². The normalized spacial score (nSPS) is 10.6. The molecular weight excluding hydrogens is 414 g/mol. The van der Waals surface area contributed by atoms with Crippen LogP contribution in [0.4, 0.5) is 10.5 Å². The number of carbonyl (C=O) groups is 2. The second-order valence-electron chi connectivity index (χ2n) is 8.23. The predicted molar refractivity (Wildman–Crippen MR) is 131 cm³/mol. The van der Waals surface area contributed by atoms with Gasteiger partial charge in [-0.2, -0.15) is 0 Å². The van der Waals surface area contributed by atoms with Gasteiger partial charge < -0.3 is 19.5 Å².